The van der Waals surface area contributed by atoms with Gasteiger partial charge in [0.1, 0.15) is 6.61 Å². The van der Waals surface area contributed by atoms with E-state index in [4.69, 9.17) is 19.4 Å². The summed E-state index contributed by atoms with van der Waals surface area (Å²) in [5.74, 6) is -0.261. The number of anilines is 2. The minimum Gasteiger partial charge on any atom is -0.475 e. The summed E-state index contributed by atoms with van der Waals surface area (Å²) in [5, 5.41) is 1.99. The van der Waals surface area contributed by atoms with E-state index in [0.29, 0.717) is 31.0 Å². The fourth-order valence-corrected chi connectivity index (χ4v) is 7.73. The second-order valence-electron chi connectivity index (χ2n) is 14.3. The largest absolute Gasteiger partial charge is 0.475 e. The van der Waals surface area contributed by atoms with Gasteiger partial charge >= 0.3 is 0 Å². The number of nitrogens with one attached hydrogen (secondary N) is 1. The Labute approximate surface area is 298 Å². The summed E-state index contributed by atoms with van der Waals surface area (Å²) in [7, 11) is -4.20. The summed E-state index contributed by atoms with van der Waals surface area (Å²) >= 11 is 0. The Bertz CT molecular complexity index is 2180. The molecule has 0 saturated carbocycles. The molecule has 3 aromatic carbocycles. The molecule has 0 spiro atoms. The van der Waals surface area contributed by atoms with E-state index in [2.05, 4.69) is 35.4 Å². The average Bonchev–Trinajstić information content (AvgIpc) is 3.12. The maximum absolute atomic E-state index is 14.5. The van der Waals surface area contributed by atoms with Crippen molar-refractivity contribution >= 4 is 38.3 Å². The number of morpholine rings is 1. The van der Waals surface area contributed by atoms with Crippen LogP contribution in [0.3, 0.4) is 0 Å². The Morgan fingerprint density at radius 1 is 0.941 bits per heavy atom. The highest BCUT2D eigenvalue weighted by Gasteiger charge is 2.32. The smallest absolute Gasteiger partial charge is 0.264 e. The summed E-state index contributed by atoms with van der Waals surface area (Å²) in [6, 6.07) is 23.4. The molecule has 11 nitrogen and oxygen atoms in total. The molecule has 2 aliphatic heterocycles. The van der Waals surface area contributed by atoms with Crippen molar-refractivity contribution in [3.05, 3.63) is 102 Å². The number of sulfonamides is 1. The molecule has 2 aromatic heterocycles. The summed E-state index contributed by atoms with van der Waals surface area (Å²) in [5.41, 5.74) is 4.07. The predicted octanol–water partition coefficient (Wildman–Crippen LogP) is 6.48. The van der Waals surface area contributed by atoms with Crippen LogP contribution in [-0.4, -0.2) is 73.1 Å². The highest BCUT2D eigenvalue weighted by molar-refractivity contribution is 7.92. The van der Waals surface area contributed by atoms with Crippen molar-refractivity contribution in [1.29, 1.82) is 0 Å². The highest BCUT2D eigenvalue weighted by Crippen LogP contribution is 2.34. The molecular formula is C39H42N6O5S. The molecule has 0 aliphatic carbocycles. The third kappa shape index (κ3) is 7.67. The molecule has 51 heavy (non-hydrogen) atoms. The van der Waals surface area contributed by atoms with Crippen LogP contribution in [0.1, 0.15) is 48.8 Å². The first-order valence-electron chi connectivity index (χ1n) is 17.2. The molecule has 1 fully saturated rings. The molecule has 4 heterocycles. The average molecular weight is 707 g/mol. The number of hydrogen-bond donors (Lipinski definition) is 1. The molecule has 1 amide bonds. The monoisotopic (exact) mass is 706 g/mol. The lowest BCUT2D eigenvalue weighted by atomic mass is 9.87. The molecule has 1 atom stereocenters. The fraction of sp³-hybridized carbons (Fsp3) is 0.333. The summed E-state index contributed by atoms with van der Waals surface area (Å²) in [6.45, 7) is 11.6. The van der Waals surface area contributed by atoms with Gasteiger partial charge in [-0.2, -0.15) is 4.98 Å². The molecule has 4 bridgehead atoms. The van der Waals surface area contributed by atoms with Crippen LogP contribution in [0.5, 0.6) is 5.88 Å². The van der Waals surface area contributed by atoms with Crippen LogP contribution in [0.25, 0.3) is 22.0 Å². The second-order valence-corrected chi connectivity index (χ2v) is 16.0. The van der Waals surface area contributed by atoms with Gasteiger partial charge in [-0.25, -0.2) is 18.1 Å². The van der Waals surface area contributed by atoms with Crippen molar-refractivity contribution in [2.45, 2.75) is 51.6 Å². The molecule has 5 aromatic rings. The van der Waals surface area contributed by atoms with Gasteiger partial charge in [-0.15, -0.1) is 0 Å². The minimum atomic E-state index is -4.20. The van der Waals surface area contributed by atoms with E-state index in [1.165, 1.54) is 12.1 Å². The van der Waals surface area contributed by atoms with Crippen molar-refractivity contribution in [1.82, 2.24) is 19.9 Å². The van der Waals surface area contributed by atoms with E-state index in [9.17, 15) is 13.2 Å². The third-order valence-corrected chi connectivity index (χ3v) is 10.5. The molecule has 1 saturated heterocycles. The lowest BCUT2D eigenvalue weighted by molar-refractivity contribution is 0.0509. The first kappa shape index (κ1) is 34.4. The van der Waals surface area contributed by atoms with Crippen LogP contribution in [0.2, 0.25) is 0 Å². The van der Waals surface area contributed by atoms with Crippen molar-refractivity contribution in [2.24, 2.45) is 5.41 Å². The predicted molar refractivity (Wildman–Crippen MR) is 197 cm³/mol. The SMILES string of the molecule is Cc1ccc2ccccc2c1-c1cc2nc(n1)NS(=O)(=O)c1cccc(c1)C(=O)N(Cc1ccc(N3CCOCC3)cn1)[C@H](CC(C)(C)C)CO2. The summed E-state index contributed by atoms with van der Waals surface area (Å²) < 4.78 is 42.1. The fourth-order valence-electron chi connectivity index (χ4n) is 6.74. The van der Waals surface area contributed by atoms with Crippen LogP contribution < -0.4 is 14.4 Å². The second kappa shape index (κ2) is 13.9. The number of nitrogens with zero attached hydrogens (tertiary/aromatic N) is 5. The number of pyridine rings is 1. The first-order valence-corrected chi connectivity index (χ1v) is 18.6. The lowest BCUT2D eigenvalue weighted by Crippen LogP contribution is -2.45. The van der Waals surface area contributed by atoms with Gasteiger partial charge in [0.25, 0.3) is 15.9 Å². The van der Waals surface area contributed by atoms with Gasteiger partial charge in [-0.3, -0.25) is 9.78 Å². The Hall–Kier alpha value is -5.07. The number of fused-ring (bicyclic) bond motifs is 5. The molecule has 264 valence electrons. The number of benzene rings is 3. The zero-order chi connectivity index (χ0) is 35.8. The molecular weight excluding hydrogens is 665 g/mol. The Balaban J connectivity index is 1.32. The number of carbonyl (C=O) groups excluding carboxylic acids is 1. The van der Waals surface area contributed by atoms with Gasteiger partial charge < -0.3 is 19.3 Å². The molecule has 7 rings (SSSR count). The van der Waals surface area contributed by atoms with E-state index < -0.39 is 16.1 Å². The van der Waals surface area contributed by atoms with Crippen LogP contribution >= 0.6 is 0 Å². The standard InChI is InChI=1S/C39H42N6O5S/c1-26-12-13-27-8-5-6-11-33(27)36(26)34-21-35-42-38(41-34)43-51(47,48)32-10-7-9-28(20-32)37(46)45(31(25-50-35)22-39(2,3)4)24-29-14-15-30(23-40-29)44-16-18-49-19-17-44/h5-15,20-21,23,31H,16-19,22,24-25H2,1-4H3,(H,41,42,43)/t31-/m1/s1. The molecule has 0 unspecified atom stereocenters. The van der Waals surface area contributed by atoms with Crippen LogP contribution in [0, 0.1) is 12.3 Å². The first-order chi connectivity index (χ1) is 24.4. The Morgan fingerprint density at radius 2 is 1.75 bits per heavy atom. The molecule has 12 heteroatoms. The molecule has 1 N–H and O–H groups in total. The van der Waals surface area contributed by atoms with Crippen LogP contribution in [0.15, 0.2) is 90.0 Å². The lowest BCUT2D eigenvalue weighted by Gasteiger charge is -2.35. The minimum absolute atomic E-state index is 0.0780. The van der Waals surface area contributed by atoms with Gasteiger partial charge in [-0.05, 0) is 65.4 Å². The van der Waals surface area contributed by atoms with Crippen molar-refractivity contribution in [3.63, 3.8) is 0 Å². The van der Waals surface area contributed by atoms with Crippen molar-refractivity contribution in [3.8, 4) is 17.1 Å². The number of carbonyl (C=O) groups is 1. The van der Waals surface area contributed by atoms with Crippen LogP contribution in [0.4, 0.5) is 11.6 Å². The highest BCUT2D eigenvalue weighted by atomic mass is 32.2. The van der Waals surface area contributed by atoms with Crippen molar-refractivity contribution < 1.29 is 22.7 Å². The van der Waals surface area contributed by atoms with Gasteiger partial charge in [-0.1, -0.05) is 63.2 Å². The number of amides is 1. The molecule has 0 radical (unpaired) electrons. The van der Waals surface area contributed by atoms with E-state index in [0.717, 1.165) is 40.7 Å². The van der Waals surface area contributed by atoms with E-state index in [1.807, 2.05) is 61.7 Å². The van der Waals surface area contributed by atoms with Crippen LogP contribution in [-0.2, 0) is 21.3 Å². The topological polar surface area (TPSA) is 127 Å². The van der Waals surface area contributed by atoms with Gasteiger partial charge in [0.15, 0.2) is 0 Å². The normalized spacial score (nSPS) is 17.9. The third-order valence-electron chi connectivity index (χ3n) is 9.20. The number of rotatable bonds is 5. The molecule has 2 aliphatic rings. The maximum Gasteiger partial charge on any atom is 0.264 e. The Morgan fingerprint density at radius 3 is 2.51 bits per heavy atom. The van der Waals surface area contributed by atoms with E-state index in [1.54, 1.807) is 23.1 Å². The van der Waals surface area contributed by atoms with E-state index >= 15 is 0 Å². The quantitative estimate of drug-likeness (QED) is 0.219. The zero-order valence-electron chi connectivity index (χ0n) is 29.3. The Kier molecular flexibility index (Phi) is 9.38. The number of aromatic nitrogens is 3. The number of ether oxygens (including phenoxy) is 2. The zero-order valence-corrected chi connectivity index (χ0v) is 30.1. The number of hydrogen-bond acceptors (Lipinski definition) is 9. The van der Waals surface area contributed by atoms with Gasteiger partial charge in [0.2, 0.25) is 11.8 Å². The van der Waals surface area contributed by atoms with Crippen molar-refractivity contribution in [2.75, 3.05) is 42.5 Å². The van der Waals surface area contributed by atoms with Gasteiger partial charge in [0, 0.05) is 30.3 Å². The summed E-state index contributed by atoms with van der Waals surface area (Å²) in [4.78, 5) is 32.4. The van der Waals surface area contributed by atoms with E-state index in [-0.39, 0.29) is 46.8 Å². The summed E-state index contributed by atoms with van der Waals surface area (Å²) in [6.07, 6.45) is 2.42. The maximum atomic E-state index is 14.5. The van der Waals surface area contributed by atoms with Gasteiger partial charge in [0.05, 0.1) is 54.0 Å². The number of aryl methyl sites for hydroxylation is 1.